The molecule has 0 bridgehead atoms. The number of benzene rings is 3. The maximum absolute atomic E-state index is 13.3. The van der Waals surface area contributed by atoms with Crippen LogP contribution in [0.1, 0.15) is 64.4 Å². The van der Waals surface area contributed by atoms with Gasteiger partial charge in [0.05, 0.1) is 16.5 Å². The highest BCUT2D eigenvalue weighted by Crippen LogP contribution is 2.37. The standard InChI is InChI=1S/C28H23NO5S/c30-27-21-15-17-7-4-5-8-18(17)16-22(21)28(31)26(27)24-14-13-20-23(29-24)11-6-12-25(20)34-35(32,33)19-9-2-1-3-10-19/h4-8,11-16,19,26H,1-3,9-10H2. The summed E-state index contributed by atoms with van der Waals surface area (Å²) in [7, 11) is -3.76. The predicted molar refractivity (Wildman–Crippen MR) is 134 cm³/mol. The van der Waals surface area contributed by atoms with Gasteiger partial charge in [0.1, 0.15) is 5.92 Å². The van der Waals surface area contributed by atoms with Crippen LogP contribution in [0.25, 0.3) is 21.7 Å². The number of hydrogen-bond acceptors (Lipinski definition) is 6. The van der Waals surface area contributed by atoms with Crippen molar-refractivity contribution in [3.63, 3.8) is 0 Å². The molecule has 1 heterocycles. The van der Waals surface area contributed by atoms with Crippen LogP contribution < -0.4 is 4.18 Å². The third-order valence-corrected chi connectivity index (χ3v) is 8.82. The molecular weight excluding hydrogens is 462 g/mol. The lowest BCUT2D eigenvalue weighted by Crippen LogP contribution is -2.28. The summed E-state index contributed by atoms with van der Waals surface area (Å²) in [6.45, 7) is 0. The number of ketones is 2. The van der Waals surface area contributed by atoms with Crippen molar-refractivity contribution >= 4 is 43.4 Å². The third kappa shape index (κ3) is 3.71. The molecule has 0 amide bonds. The summed E-state index contributed by atoms with van der Waals surface area (Å²) in [5.41, 5.74) is 1.65. The lowest BCUT2D eigenvalue weighted by atomic mass is 9.98. The van der Waals surface area contributed by atoms with Crippen LogP contribution in [-0.2, 0) is 10.1 Å². The predicted octanol–water partition coefficient (Wildman–Crippen LogP) is 5.59. The summed E-state index contributed by atoms with van der Waals surface area (Å²) in [5.74, 6) is -1.34. The molecule has 0 radical (unpaired) electrons. The summed E-state index contributed by atoms with van der Waals surface area (Å²) in [6, 6.07) is 19.5. The Hall–Kier alpha value is -3.58. The van der Waals surface area contributed by atoms with Gasteiger partial charge < -0.3 is 4.18 Å². The molecular formula is C28H23NO5S. The molecule has 0 atom stereocenters. The molecule has 6 rings (SSSR count). The first-order chi connectivity index (χ1) is 16.9. The maximum Gasteiger partial charge on any atom is 0.312 e. The van der Waals surface area contributed by atoms with Crippen LogP contribution in [0.4, 0.5) is 0 Å². The monoisotopic (exact) mass is 485 g/mol. The zero-order valence-corrected chi connectivity index (χ0v) is 19.8. The summed E-state index contributed by atoms with van der Waals surface area (Å²) < 4.78 is 31.3. The molecule has 0 aliphatic heterocycles. The second-order valence-corrected chi connectivity index (χ2v) is 11.1. The zero-order chi connectivity index (χ0) is 24.2. The van der Waals surface area contributed by atoms with Crippen molar-refractivity contribution in [2.45, 2.75) is 43.3 Å². The minimum Gasteiger partial charge on any atom is -0.381 e. The number of carbonyl (C=O) groups excluding carboxylic acids is 2. The lowest BCUT2D eigenvalue weighted by Gasteiger charge is -2.21. The molecule has 0 N–H and O–H groups in total. The Kier molecular flexibility index (Phi) is 5.18. The van der Waals surface area contributed by atoms with Gasteiger partial charge in [-0.3, -0.25) is 14.6 Å². The first kappa shape index (κ1) is 21.9. The molecule has 35 heavy (non-hydrogen) atoms. The Morgan fingerprint density at radius 2 is 1.43 bits per heavy atom. The average molecular weight is 486 g/mol. The fourth-order valence-electron chi connectivity index (χ4n) is 5.27. The van der Waals surface area contributed by atoms with Crippen LogP contribution in [-0.4, -0.2) is 30.2 Å². The first-order valence-corrected chi connectivity index (χ1v) is 13.3. The molecule has 7 heteroatoms. The third-order valence-electron chi connectivity index (χ3n) is 7.12. The van der Waals surface area contributed by atoms with E-state index >= 15 is 0 Å². The smallest absolute Gasteiger partial charge is 0.312 e. The van der Waals surface area contributed by atoms with E-state index < -0.39 is 21.3 Å². The van der Waals surface area contributed by atoms with Crippen LogP contribution in [0.3, 0.4) is 0 Å². The summed E-state index contributed by atoms with van der Waals surface area (Å²) in [5, 5.41) is 1.83. The Balaban J connectivity index is 1.35. The molecule has 1 fully saturated rings. The van der Waals surface area contributed by atoms with Crippen LogP contribution in [0.5, 0.6) is 5.75 Å². The van der Waals surface area contributed by atoms with Crippen LogP contribution in [0.2, 0.25) is 0 Å². The highest BCUT2D eigenvalue weighted by molar-refractivity contribution is 7.87. The second kappa shape index (κ2) is 8.27. The molecule has 2 aliphatic carbocycles. The number of carbonyl (C=O) groups is 2. The largest absolute Gasteiger partial charge is 0.381 e. The lowest BCUT2D eigenvalue weighted by molar-refractivity contribution is 0.0888. The molecule has 1 saturated carbocycles. The molecule has 3 aromatic carbocycles. The topological polar surface area (TPSA) is 90.4 Å². The van der Waals surface area contributed by atoms with Crippen molar-refractivity contribution in [1.29, 1.82) is 0 Å². The van der Waals surface area contributed by atoms with Crippen molar-refractivity contribution in [2.24, 2.45) is 0 Å². The van der Waals surface area contributed by atoms with E-state index in [0.29, 0.717) is 40.6 Å². The molecule has 4 aromatic rings. The van der Waals surface area contributed by atoms with Gasteiger partial charge in [-0.2, -0.15) is 8.42 Å². The van der Waals surface area contributed by atoms with Gasteiger partial charge in [-0.05, 0) is 60.0 Å². The van der Waals surface area contributed by atoms with E-state index in [1.54, 1.807) is 42.5 Å². The van der Waals surface area contributed by atoms with Gasteiger partial charge >= 0.3 is 10.1 Å². The van der Waals surface area contributed by atoms with Crippen molar-refractivity contribution in [3.05, 3.63) is 83.6 Å². The molecule has 6 nitrogen and oxygen atoms in total. The van der Waals surface area contributed by atoms with Crippen LogP contribution in [0, 0.1) is 0 Å². The van der Waals surface area contributed by atoms with E-state index in [-0.39, 0.29) is 17.3 Å². The number of hydrogen-bond donors (Lipinski definition) is 0. The molecule has 0 spiro atoms. The van der Waals surface area contributed by atoms with Crippen molar-refractivity contribution < 1.29 is 22.2 Å². The Morgan fingerprint density at radius 3 is 2.09 bits per heavy atom. The Bertz CT molecular complexity index is 1570. The van der Waals surface area contributed by atoms with Crippen molar-refractivity contribution in [3.8, 4) is 5.75 Å². The minimum absolute atomic E-state index is 0.214. The minimum atomic E-state index is -3.76. The number of nitrogens with zero attached hydrogens (tertiary/aromatic N) is 1. The van der Waals surface area contributed by atoms with E-state index in [1.165, 1.54) is 0 Å². The number of aromatic nitrogens is 1. The van der Waals surface area contributed by atoms with Crippen LogP contribution >= 0.6 is 0 Å². The Morgan fingerprint density at radius 1 is 0.771 bits per heavy atom. The van der Waals surface area contributed by atoms with Crippen LogP contribution in [0.15, 0.2) is 66.7 Å². The van der Waals surface area contributed by atoms with Crippen molar-refractivity contribution in [2.75, 3.05) is 0 Å². The molecule has 2 aliphatic rings. The highest BCUT2D eigenvalue weighted by Gasteiger charge is 2.41. The van der Waals surface area contributed by atoms with Gasteiger partial charge in [-0.15, -0.1) is 0 Å². The van der Waals surface area contributed by atoms with Gasteiger partial charge in [-0.25, -0.2) is 0 Å². The van der Waals surface area contributed by atoms with E-state index in [4.69, 9.17) is 4.18 Å². The quantitative estimate of drug-likeness (QED) is 0.276. The maximum atomic E-state index is 13.3. The molecule has 0 saturated heterocycles. The summed E-state index contributed by atoms with van der Waals surface area (Å²) in [6.07, 6.45) is 4.03. The van der Waals surface area contributed by atoms with Gasteiger partial charge in [0, 0.05) is 16.5 Å². The SMILES string of the molecule is O=C1c2cc3ccccc3cc2C(=O)C1c1ccc2c(OS(=O)(=O)C3CCCCC3)cccc2n1. The van der Waals surface area contributed by atoms with Gasteiger partial charge in [0.25, 0.3) is 0 Å². The van der Waals surface area contributed by atoms with Gasteiger partial charge in [0.15, 0.2) is 17.3 Å². The van der Waals surface area contributed by atoms with E-state index in [9.17, 15) is 18.0 Å². The fourth-order valence-corrected chi connectivity index (χ4v) is 6.71. The van der Waals surface area contributed by atoms with Crippen molar-refractivity contribution in [1.82, 2.24) is 4.98 Å². The number of rotatable bonds is 4. The zero-order valence-electron chi connectivity index (χ0n) is 18.9. The van der Waals surface area contributed by atoms with Gasteiger partial charge in [-0.1, -0.05) is 49.6 Å². The second-order valence-electron chi connectivity index (χ2n) is 9.30. The van der Waals surface area contributed by atoms with E-state index in [1.807, 2.05) is 24.3 Å². The number of fused-ring (bicyclic) bond motifs is 3. The summed E-state index contributed by atoms with van der Waals surface area (Å²) >= 11 is 0. The average Bonchev–Trinajstić information content (AvgIpc) is 3.12. The van der Waals surface area contributed by atoms with E-state index in [0.717, 1.165) is 30.0 Å². The summed E-state index contributed by atoms with van der Waals surface area (Å²) in [4.78, 5) is 31.1. The molecule has 0 unspecified atom stereocenters. The molecule has 1 aromatic heterocycles. The fraction of sp³-hybridized carbons (Fsp3) is 0.250. The molecule has 176 valence electrons. The van der Waals surface area contributed by atoms with E-state index in [2.05, 4.69) is 4.98 Å². The normalized spacial score (nSPS) is 17.3. The number of Topliss-reactive ketones (excluding diaryl/α,β-unsaturated/α-hetero) is 2. The Labute approximate surface area is 203 Å². The highest BCUT2D eigenvalue weighted by atomic mass is 32.2. The number of pyridine rings is 1. The van der Waals surface area contributed by atoms with Gasteiger partial charge in [0.2, 0.25) is 0 Å². The first-order valence-electron chi connectivity index (χ1n) is 11.9.